The van der Waals surface area contributed by atoms with E-state index >= 15 is 0 Å². The van der Waals surface area contributed by atoms with Crippen LogP contribution in [0.1, 0.15) is 5.56 Å². The third-order valence-electron chi connectivity index (χ3n) is 1.61. The summed E-state index contributed by atoms with van der Waals surface area (Å²) in [6.45, 7) is 1.69. The summed E-state index contributed by atoms with van der Waals surface area (Å²) in [5.41, 5.74) is 5.94. The first-order valence-electron chi connectivity index (χ1n) is 3.36. The summed E-state index contributed by atoms with van der Waals surface area (Å²) in [4.78, 5) is -0.358. The summed E-state index contributed by atoms with van der Waals surface area (Å²) in [6, 6.07) is 2.69. The minimum absolute atomic E-state index is 0.121. The van der Waals surface area contributed by atoms with E-state index < -0.39 is 10.1 Å². The second-order valence-corrected chi connectivity index (χ2v) is 4.35. The first-order valence-corrected chi connectivity index (χ1v) is 5.18. The van der Waals surface area contributed by atoms with Crippen molar-refractivity contribution in [2.24, 2.45) is 0 Å². The predicted octanol–water partition coefficient (Wildman–Crippen LogP) is 1.48. The van der Waals surface area contributed by atoms with E-state index in [1.165, 1.54) is 12.1 Å². The Hall–Kier alpha value is -0.780. The maximum absolute atomic E-state index is 10.7. The fourth-order valence-electron chi connectivity index (χ4n) is 0.909. The number of nitrogen functional groups attached to an aromatic ring is 1. The zero-order valence-electron chi connectivity index (χ0n) is 6.78. The van der Waals surface area contributed by atoms with Gasteiger partial charge in [-0.25, -0.2) is 0 Å². The van der Waals surface area contributed by atoms with E-state index in [0.717, 1.165) is 0 Å². The molecule has 0 aliphatic carbocycles. The molecule has 13 heavy (non-hydrogen) atoms. The largest absolute Gasteiger partial charge is 0.396 e. The lowest BCUT2D eigenvalue weighted by Crippen LogP contribution is -2.04. The van der Waals surface area contributed by atoms with E-state index in [0.29, 0.717) is 5.56 Å². The number of hydrogen-bond acceptors (Lipinski definition) is 3. The number of anilines is 1. The molecule has 0 heterocycles. The van der Waals surface area contributed by atoms with Crippen LogP contribution in [0.3, 0.4) is 0 Å². The first kappa shape index (κ1) is 10.3. The van der Waals surface area contributed by atoms with Crippen LogP contribution < -0.4 is 5.73 Å². The highest BCUT2D eigenvalue weighted by Crippen LogP contribution is 2.29. The number of nitrogens with two attached hydrogens (primary N) is 1. The third kappa shape index (κ3) is 1.93. The zero-order chi connectivity index (χ0) is 10.2. The Morgan fingerprint density at radius 1 is 1.46 bits per heavy atom. The Morgan fingerprint density at radius 2 is 2.00 bits per heavy atom. The van der Waals surface area contributed by atoms with Crippen LogP contribution in [0.25, 0.3) is 0 Å². The van der Waals surface area contributed by atoms with Crippen LogP contribution in [0.4, 0.5) is 5.69 Å². The number of rotatable bonds is 1. The van der Waals surface area contributed by atoms with Crippen molar-refractivity contribution < 1.29 is 13.0 Å². The molecule has 0 spiro atoms. The van der Waals surface area contributed by atoms with E-state index in [4.69, 9.17) is 21.9 Å². The van der Waals surface area contributed by atoms with Crippen molar-refractivity contribution in [1.29, 1.82) is 0 Å². The van der Waals surface area contributed by atoms with Gasteiger partial charge in [0, 0.05) is 0 Å². The van der Waals surface area contributed by atoms with E-state index in [-0.39, 0.29) is 15.6 Å². The van der Waals surface area contributed by atoms with Crippen molar-refractivity contribution >= 4 is 27.4 Å². The van der Waals surface area contributed by atoms with Crippen molar-refractivity contribution in [3.05, 3.63) is 22.7 Å². The van der Waals surface area contributed by atoms with Gasteiger partial charge in [-0.3, -0.25) is 4.55 Å². The molecule has 0 aliphatic rings. The molecule has 3 N–H and O–H groups in total. The fraction of sp³-hybridized carbons (Fsp3) is 0.143. The molecule has 1 rings (SSSR count). The summed E-state index contributed by atoms with van der Waals surface area (Å²) in [5, 5.41) is 0.148. The molecular weight excluding hydrogens is 214 g/mol. The van der Waals surface area contributed by atoms with Crippen LogP contribution in [0.2, 0.25) is 5.02 Å². The van der Waals surface area contributed by atoms with Gasteiger partial charge in [0.15, 0.2) is 0 Å². The lowest BCUT2D eigenvalue weighted by molar-refractivity contribution is 0.483. The molecule has 0 saturated heterocycles. The molecule has 0 amide bonds. The number of benzene rings is 1. The molecule has 0 bridgehead atoms. The first-order chi connectivity index (χ1) is 5.84. The molecule has 0 atom stereocenters. The van der Waals surface area contributed by atoms with Crippen LogP contribution in [0, 0.1) is 6.92 Å². The maximum atomic E-state index is 10.7. The molecule has 0 saturated carbocycles. The summed E-state index contributed by atoms with van der Waals surface area (Å²) in [6.07, 6.45) is 0. The van der Waals surface area contributed by atoms with E-state index in [1.54, 1.807) is 6.92 Å². The molecule has 0 fully saturated rings. The Labute approximate surface area is 81.1 Å². The molecule has 4 nitrogen and oxygen atoms in total. The summed E-state index contributed by atoms with van der Waals surface area (Å²) in [5.74, 6) is 0. The minimum atomic E-state index is -4.28. The van der Waals surface area contributed by atoms with Crippen LogP contribution in [-0.2, 0) is 10.1 Å². The quantitative estimate of drug-likeness (QED) is 0.556. The number of halogens is 1. The van der Waals surface area contributed by atoms with Gasteiger partial charge in [0.1, 0.15) is 4.90 Å². The molecule has 0 aliphatic heterocycles. The molecule has 0 aromatic heterocycles. The highest BCUT2D eigenvalue weighted by Gasteiger charge is 2.16. The van der Waals surface area contributed by atoms with Crippen molar-refractivity contribution in [2.45, 2.75) is 11.8 Å². The van der Waals surface area contributed by atoms with Gasteiger partial charge in [-0.2, -0.15) is 8.42 Å². The van der Waals surface area contributed by atoms with Gasteiger partial charge in [0.2, 0.25) is 0 Å². The normalized spacial score (nSPS) is 11.6. The Morgan fingerprint density at radius 3 is 2.46 bits per heavy atom. The summed E-state index contributed by atoms with van der Waals surface area (Å²) < 4.78 is 30.2. The van der Waals surface area contributed by atoms with E-state index in [9.17, 15) is 8.42 Å². The lowest BCUT2D eigenvalue weighted by Gasteiger charge is -2.05. The molecular formula is C7H8ClNO3S. The van der Waals surface area contributed by atoms with Crippen LogP contribution in [-0.4, -0.2) is 13.0 Å². The summed E-state index contributed by atoms with van der Waals surface area (Å²) >= 11 is 5.69. The second-order valence-electron chi connectivity index (χ2n) is 2.58. The molecule has 6 heteroatoms. The standard InChI is InChI=1S/C7H8ClNO3S/c1-4-2-3-5(13(10,11)12)7(9)6(4)8/h2-3H,9H2,1H3,(H,10,11,12). The van der Waals surface area contributed by atoms with Gasteiger partial charge in [-0.05, 0) is 18.6 Å². The van der Waals surface area contributed by atoms with Crippen molar-refractivity contribution in [3.8, 4) is 0 Å². The van der Waals surface area contributed by atoms with Crippen LogP contribution in [0.5, 0.6) is 0 Å². The van der Waals surface area contributed by atoms with Gasteiger partial charge in [-0.15, -0.1) is 0 Å². The average molecular weight is 222 g/mol. The van der Waals surface area contributed by atoms with Crippen molar-refractivity contribution in [2.75, 3.05) is 5.73 Å². The Balaban J connectivity index is 3.53. The third-order valence-corrected chi connectivity index (χ3v) is 3.02. The van der Waals surface area contributed by atoms with Crippen LogP contribution in [0.15, 0.2) is 17.0 Å². The van der Waals surface area contributed by atoms with Gasteiger partial charge in [0.05, 0.1) is 10.7 Å². The SMILES string of the molecule is Cc1ccc(S(=O)(=O)O)c(N)c1Cl. The molecule has 1 aromatic rings. The maximum Gasteiger partial charge on any atom is 0.296 e. The molecule has 72 valence electrons. The van der Waals surface area contributed by atoms with Gasteiger partial charge < -0.3 is 5.73 Å². The lowest BCUT2D eigenvalue weighted by atomic mass is 10.2. The predicted molar refractivity (Wildman–Crippen MR) is 50.4 cm³/mol. The summed E-state index contributed by atoms with van der Waals surface area (Å²) in [7, 11) is -4.28. The molecule has 0 unspecified atom stereocenters. The molecule has 1 aromatic carbocycles. The Kier molecular flexibility index (Phi) is 2.51. The zero-order valence-corrected chi connectivity index (χ0v) is 8.35. The van der Waals surface area contributed by atoms with Crippen LogP contribution >= 0.6 is 11.6 Å². The van der Waals surface area contributed by atoms with Gasteiger partial charge in [-0.1, -0.05) is 17.7 Å². The fourth-order valence-corrected chi connectivity index (χ4v) is 1.75. The highest BCUT2D eigenvalue weighted by atomic mass is 35.5. The Bertz CT molecular complexity index is 441. The number of aryl methyl sites for hydroxylation is 1. The van der Waals surface area contributed by atoms with Gasteiger partial charge >= 0.3 is 0 Å². The number of hydrogen-bond donors (Lipinski definition) is 2. The molecule has 0 radical (unpaired) electrons. The highest BCUT2D eigenvalue weighted by molar-refractivity contribution is 7.86. The monoisotopic (exact) mass is 221 g/mol. The van der Waals surface area contributed by atoms with E-state index in [2.05, 4.69) is 0 Å². The average Bonchev–Trinajstić information content (AvgIpc) is 1.98. The van der Waals surface area contributed by atoms with E-state index in [1.807, 2.05) is 0 Å². The van der Waals surface area contributed by atoms with Crippen molar-refractivity contribution in [3.63, 3.8) is 0 Å². The topological polar surface area (TPSA) is 80.4 Å². The second kappa shape index (κ2) is 3.17. The minimum Gasteiger partial charge on any atom is -0.396 e. The van der Waals surface area contributed by atoms with Gasteiger partial charge in [0.25, 0.3) is 10.1 Å². The van der Waals surface area contributed by atoms with Crippen molar-refractivity contribution in [1.82, 2.24) is 0 Å². The smallest absolute Gasteiger partial charge is 0.296 e.